The minimum absolute atomic E-state index is 0.218. The van der Waals surface area contributed by atoms with Gasteiger partial charge in [-0.3, -0.25) is 0 Å². The number of nitrogens with zero attached hydrogens (tertiary/aromatic N) is 2. The fourth-order valence-electron chi connectivity index (χ4n) is 9.23. The van der Waals surface area contributed by atoms with Crippen LogP contribution in [-0.2, 0) is 0 Å². The van der Waals surface area contributed by atoms with Gasteiger partial charge in [-0.15, -0.1) is 0 Å². The van der Waals surface area contributed by atoms with Crippen LogP contribution in [0.15, 0.2) is 176 Å². The van der Waals surface area contributed by atoms with Gasteiger partial charge in [-0.05, 0) is 133 Å². The summed E-state index contributed by atoms with van der Waals surface area (Å²) >= 11 is 0. The van der Waals surface area contributed by atoms with E-state index in [0.717, 1.165) is 116 Å². The molecule has 0 saturated carbocycles. The van der Waals surface area contributed by atoms with Crippen LogP contribution < -0.4 is 0 Å². The summed E-state index contributed by atoms with van der Waals surface area (Å²) in [6.07, 6.45) is 8.39. The molecule has 296 valence electrons. The quantitative estimate of drug-likeness (QED) is 0.161. The van der Waals surface area contributed by atoms with Crippen molar-refractivity contribution in [3.63, 3.8) is 0 Å². The van der Waals surface area contributed by atoms with Crippen LogP contribution in [0.25, 0.3) is 123 Å². The van der Waals surface area contributed by atoms with Crippen LogP contribution in [0.2, 0.25) is 0 Å². The van der Waals surface area contributed by atoms with Crippen LogP contribution >= 0.6 is 0 Å². The van der Waals surface area contributed by atoms with Gasteiger partial charge in [0.05, 0.1) is 28.3 Å². The first-order chi connectivity index (χ1) is 31.0. The summed E-state index contributed by atoms with van der Waals surface area (Å²) in [5.74, 6) is -0.974. The zero-order valence-corrected chi connectivity index (χ0v) is 33.8. The van der Waals surface area contributed by atoms with E-state index in [2.05, 4.69) is 186 Å². The van der Waals surface area contributed by atoms with Gasteiger partial charge in [0, 0.05) is 44.3 Å². The predicted octanol–water partition coefficient (Wildman–Crippen LogP) is 14.5. The zero-order valence-electron chi connectivity index (χ0n) is 33.8. The van der Waals surface area contributed by atoms with E-state index in [4.69, 9.17) is 9.97 Å². The number of aromatic nitrogens is 4. The number of carbonyl (C=O) groups is 1. The van der Waals surface area contributed by atoms with E-state index in [1.807, 2.05) is 12.1 Å². The predicted molar refractivity (Wildman–Crippen MR) is 260 cm³/mol. The van der Waals surface area contributed by atoms with Crippen LogP contribution in [0.1, 0.15) is 33.1 Å². The third-order valence-electron chi connectivity index (χ3n) is 12.3. The Kier molecular flexibility index (Phi) is 8.37. The molecular weight excluding hydrogens is 773 g/mol. The number of hydrogen-bond donors (Lipinski definition) is 3. The van der Waals surface area contributed by atoms with Crippen LogP contribution in [0.3, 0.4) is 0 Å². The molecule has 8 bridgehead atoms. The summed E-state index contributed by atoms with van der Waals surface area (Å²) in [5.41, 5.74) is 14.7. The number of carboxylic acid groups (broad SMARTS) is 1. The van der Waals surface area contributed by atoms with Gasteiger partial charge < -0.3 is 15.1 Å². The Bertz CT molecular complexity index is 3700. The minimum atomic E-state index is -0.974. The molecule has 0 radical (unpaired) electrons. The van der Waals surface area contributed by atoms with E-state index >= 15 is 0 Å². The molecule has 0 spiro atoms. The Morgan fingerprint density at radius 2 is 0.651 bits per heavy atom. The molecule has 6 nitrogen and oxygen atoms in total. The summed E-state index contributed by atoms with van der Waals surface area (Å²) in [7, 11) is 0. The lowest BCUT2D eigenvalue weighted by Gasteiger charge is -2.09. The van der Waals surface area contributed by atoms with Gasteiger partial charge in [0.25, 0.3) is 0 Å². The maximum absolute atomic E-state index is 12.0. The highest BCUT2D eigenvalue weighted by atomic mass is 16.4. The maximum atomic E-state index is 12.0. The van der Waals surface area contributed by atoms with E-state index in [1.54, 1.807) is 12.1 Å². The highest BCUT2D eigenvalue weighted by Gasteiger charge is 2.20. The number of aromatic amines is 2. The van der Waals surface area contributed by atoms with Crippen molar-refractivity contribution in [1.29, 1.82) is 0 Å². The first kappa shape index (κ1) is 36.3. The molecule has 3 aromatic heterocycles. The second-order valence-corrected chi connectivity index (χ2v) is 16.1. The number of carboxylic acids is 1. The van der Waals surface area contributed by atoms with Gasteiger partial charge >= 0.3 is 5.97 Å². The first-order valence-corrected chi connectivity index (χ1v) is 21.0. The van der Waals surface area contributed by atoms with Crippen molar-refractivity contribution in [2.45, 2.75) is 0 Å². The van der Waals surface area contributed by atoms with Crippen LogP contribution in [0, 0.1) is 0 Å². The maximum Gasteiger partial charge on any atom is 0.335 e. The monoisotopic (exact) mass is 808 g/mol. The molecule has 2 aliphatic rings. The minimum Gasteiger partial charge on any atom is -0.478 e. The van der Waals surface area contributed by atoms with E-state index in [-0.39, 0.29) is 5.56 Å². The molecule has 5 heterocycles. The lowest BCUT2D eigenvalue weighted by molar-refractivity contribution is 0.0697. The lowest BCUT2D eigenvalue weighted by Crippen LogP contribution is -1.95. The lowest BCUT2D eigenvalue weighted by atomic mass is 10.00. The molecule has 63 heavy (non-hydrogen) atoms. The third kappa shape index (κ3) is 6.32. The zero-order chi connectivity index (χ0) is 42.0. The van der Waals surface area contributed by atoms with E-state index in [0.29, 0.717) is 0 Å². The van der Waals surface area contributed by atoms with Crippen molar-refractivity contribution in [3.8, 4) is 44.5 Å². The summed E-state index contributed by atoms with van der Waals surface area (Å²) < 4.78 is 0. The molecule has 0 unspecified atom stereocenters. The van der Waals surface area contributed by atoms with Crippen LogP contribution in [0.5, 0.6) is 0 Å². The Balaban J connectivity index is 1.23. The molecule has 0 aliphatic carbocycles. The van der Waals surface area contributed by atoms with Crippen molar-refractivity contribution < 1.29 is 9.90 Å². The van der Waals surface area contributed by atoms with Gasteiger partial charge in [-0.25, -0.2) is 14.8 Å². The van der Waals surface area contributed by atoms with E-state index in [9.17, 15) is 9.90 Å². The Morgan fingerprint density at radius 3 is 0.984 bits per heavy atom. The third-order valence-corrected chi connectivity index (χ3v) is 12.3. The van der Waals surface area contributed by atoms with Crippen molar-refractivity contribution in [2.24, 2.45) is 0 Å². The molecule has 2 aliphatic heterocycles. The molecular formula is C57H36N4O2. The molecule has 12 rings (SSSR count). The molecule has 6 heteroatoms. The Labute approximate surface area is 361 Å². The smallest absolute Gasteiger partial charge is 0.335 e. The number of benzene rings is 7. The average Bonchev–Trinajstić information content (AvgIpc) is 4.18. The molecule has 0 fully saturated rings. The molecule has 0 saturated heterocycles. The molecule has 0 amide bonds. The number of fused-ring (bicyclic) bond motifs is 11. The van der Waals surface area contributed by atoms with Gasteiger partial charge in [0.1, 0.15) is 0 Å². The van der Waals surface area contributed by atoms with Crippen molar-refractivity contribution in [1.82, 2.24) is 19.9 Å². The first-order valence-electron chi connectivity index (χ1n) is 21.0. The summed E-state index contributed by atoms with van der Waals surface area (Å²) in [6, 6.07) is 60.5. The summed E-state index contributed by atoms with van der Waals surface area (Å²) in [5, 5.41) is 16.7. The van der Waals surface area contributed by atoms with Crippen molar-refractivity contribution >= 4 is 84.7 Å². The van der Waals surface area contributed by atoms with Gasteiger partial charge in [-0.1, -0.05) is 121 Å². The average molecular weight is 809 g/mol. The normalized spacial score (nSPS) is 12.1. The highest BCUT2D eigenvalue weighted by Crippen LogP contribution is 2.40. The van der Waals surface area contributed by atoms with Crippen LogP contribution in [0.4, 0.5) is 0 Å². The van der Waals surface area contributed by atoms with Gasteiger partial charge in [-0.2, -0.15) is 0 Å². The molecule has 3 N–H and O–H groups in total. The number of nitrogens with one attached hydrogen (secondary N) is 2. The number of rotatable bonds is 5. The highest BCUT2D eigenvalue weighted by molar-refractivity contribution is 6.03. The second kappa shape index (κ2) is 14.5. The molecule has 0 atom stereocenters. The molecule has 7 aromatic carbocycles. The van der Waals surface area contributed by atoms with Gasteiger partial charge in [0.15, 0.2) is 0 Å². The summed E-state index contributed by atoms with van der Waals surface area (Å²) in [6.45, 7) is 0. The standard InChI is InChI=1S/C57H36N4O2/c62-57(63)38-18-16-37(17-19-38)53-45-23-25-47(58-45)54(42-20-13-34-7-1-4-10-39(34)31-42)49-27-29-51(60-49)56(44-22-15-36-9-3-6-12-41(36)33-44)52-30-28-50(61-52)55(48-26-24-46(53)59-48)43-21-14-35-8-2-5-11-40(35)32-43/h1-33,58,61H,(H,62,63). The fraction of sp³-hybridized carbons (Fsp3) is 0. The van der Waals surface area contributed by atoms with E-state index < -0.39 is 5.97 Å². The van der Waals surface area contributed by atoms with Crippen molar-refractivity contribution in [3.05, 3.63) is 204 Å². The largest absolute Gasteiger partial charge is 0.478 e. The van der Waals surface area contributed by atoms with Gasteiger partial charge in [0.2, 0.25) is 0 Å². The van der Waals surface area contributed by atoms with E-state index in [1.165, 1.54) is 5.39 Å². The molecule has 10 aromatic rings. The van der Waals surface area contributed by atoms with Crippen molar-refractivity contribution in [2.75, 3.05) is 0 Å². The van der Waals surface area contributed by atoms with Crippen LogP contribution in [-0.4, -0.2) is 31.0 Å². The topological polar surface area (TPSA) is 94.7 Å². The Hall–Kier alpha value is -8.61. The number of hydrogen-bond acceptors (Lipinski definition) is 3. The fourth-order valence-corrected chi connectivity index (χ4v) is 9.23. The SMILES string of the molecule is O=C(O)c1ccc(-c2c3nc(c(-c4ccc5ccccc5c4)c4ccc([nH]4)c(-c4ccc5ccccc5c4)c4nc(c(-c5ccc6ccccc6c5)c5ccc2[nH]5)C=C4)C=C3)cc1. The second-order valence-electron chi connectivity index (χ2n) is 16.1. The number of H-pyrrole nitrogens is 2. The summed E-state index contributed by atoms with van der Waals surface area (Å²) in [4.78, 5) is 30.6. The Morgan fingerprint density at radius 1 is 0.349 bits per heavy atom. The number of aromatic carboxylic acids is 1.